The predicted octanol–water partition coefficient (Wildman–Crippen LogP) is 4.70. The van der Waals surface area contributed by atoms with Crippen LogP contribution in [-0.4, -0.2) is 27.5 Å². The van der Waals surface area contributed by atoms with E-state index in [9.17, 15) is 13.2 Å². The molecule has 0 radical (unpaired) electrons. The molecule has 0 saturated carbocycles. The minimum absolute atomic E-state index is 0.117. The lowest BCUT2D eigenvalue weighted by Crippen LogP contribution is -2.38. The van der Waals surface area contributed by atoms with Crippen LogP contribution < -0.4 is 14.4 Å². The van der Waals surface area contributed by atoms with Gasteiger partial charge in [0, 0.05) is 11.8 Å². The van der Waals surface area contributed by atoms with Gasteiger partial charge in [0.1, 0.15) is 18.9 Å². The molecular weight excluding hydrogens is 424 g/mol. The fourth-order valence-electron chi connectivity index (χ4n) is 3.28. The van der Waals surface area contributed by atoms with Gasteiger partial charge in [-0.3, -0.25) is 9.10 Å². The largest absolute Gasteiger partial charge is 0.489 e. The Kier molecular flexibility index (Phi) is 7.33. The van der Waals surface area contributed by atoms with Crippen molar-refractivity contribution in [3.05, 3.63) is 96.6 Å². The van der Waals surface area contributed by atoms with Gasteiger partial charge in [-0.05, 0) is 61.4 Å². The molecule has 1 amide bonds. The molecule has 0 aliphatic carbocycles. The summed E-state index contributed by atoms with van der Waals surface area (Å²) < 4.78 is 33.5. The number of aryl methyl sites for hydroxylation is 2. The lowest BCUT2D eigenvalue weighted by molar-refractivity contribution is -0.114. The van der Waals surface area contributed by atoms with Crippen LogP contribution in [0.3, 0.4) is 0 Å². The number of sulfonamides is 1. The zero-order valence-corrected chi connectivity index (χ0v) is 18.9. The number of nitrogens with one attached hydrogen (secondary N) is 1. The van der Waals surface area contributed by atoms with E-state index in [0.717, 1.165) is 15.4 Å². The van der Waals surface area contributed by atoms with E-state index in [1.807, 2.05) is 19.9 Å². The number of rotatable bonds is 9. The fraction of sp³-hybridized carbons (Fsp3) is 0.160. The number of carbonyl (C=O) groups excluding carboxylic acids is 1. The Morgan fingerprint density at radius 2 is 1.69 bits per heavy atom. The van der Waals surface area contributed by atoms with Gasteiger partial charge in [-0.2, -0.15) is 0 Å². The van der Waals surface area contributed by atoms with Crippen molar-refractivity contribution in [2.45, 2.75) is 18.7 Å². The van der Waals surface area contributed by atoms with Crippen molar-refractivity contribution in [1.29, 1.82) is 0 Å². The van der Waals surface area contributed by atoms with Gasteiger partial charge in [0.25, 0.3) is 10.0 Å². The van der Waals surface area contributed by atoms with E-state index >= 15 is 0 Å². The molecule has 0 unspecified atom stereocenters. The predicted molar refractivity (Wildman–Crippen MR) is 128 cm³/mol. The third-order valence-electron chi connectivity index (χ3n) is 4.60. The Balaban J connectivity index is 1.91. The first kappa shape index (κ1) is 23.1. The molecule has 0 aliphatic heterocycles. The van der Waals surface area contributed by atoms with Crippen molar-refractivity contribution in [2.75, 3.05) is 22.8 Å². The second-order valence-electron chi connectivity index (χ2n) is 7.35. The van der Waals surface area contributed by atoms with Crippen LogP contribution in [0.2, 0.25) is 0 Å². The standard InChI is InChI=1S/C25H26N2O4S/c1-4-13-31-23-10-8-9-21(17-23)26-25(28)18-27(22-15-19(2)14-20(3)16-22)32(29,30)24-11-6-5-7-12-24/h4-12,14-17H,1,13,18H2,2-3H3,(H,26,28). The van der Waals surface area contributed by atoms with Crippen molar-refractivity contribution < 1.29 is 17.9 Å². The molecule has 7 heteroatoms. The monoisotopic (exact) mass is 450 g/mol. The smallest absolute Gasteiger partial charge is 0.264 e. The summed E-state index contributed by atoms with van der Waals surface area (Å²) in [6, 6.07) is 20.4. The average molecular weight is 451 g/mol. The Hall–Kier alpha value is -3.58. The number of carbonyl (C=O) groups is 1. The average Bonchev–Trinajstić information content (AvgIpc) is 2.76. The number of anilines is 2. The molecular formula is C25H26N2O4S. The van der Waals surface area contributed by atoms with Crippen LogP contribution in [0, 0.1) is 13.8 Å². The zero-order valence-electron chi connectivity index (χ0n) is 18.1. The zero-order chi connectivity index (χ0) is 23.1. The van der Waals surface area contributed by atoms with Crippen molar-refractivity contribution >= 4 is 27.3 Å². The molecule has 0 heterocycles. The van der Waals surface area contributed by atoms with Gasteiger partial charge in [0.2, 0.25) is 5.91 Å². The van der Waals surface area contributed by atoms with E-state index in [1.165, 1.54) is 12.1 Å². The molecule has 0 aliphatic rings. The van der Waals surface area contributed by atoms with E-state index < -0.39 is 15.9 Å². The van der Waals surface area contributed by atoms with Crippen LogP contribution in [0.25, 0.3) is 0 Å². The first-order valence-electron chi connectivity index (χ1n) is 10.1. The summed E-state index contributed by atoms with van der Waals surface area (Å²) in [4.78, 5) is 13.0. The SMILES string of the molecule is C=CCOc1cccc(NC(=O)CN(c2cc(C)cc(C)c2)S(=O)(=O)c2ccccc2)c1. The molecule has 166 valence electrons. The van der Waals surface area contributed by atoms with Gasteiger partial charge in [0.15, 0.2) is 0 Å². The highest BCUT2D eigenvalue weighted by molar-refractivity contribution is 7.92. The first-order chi connectivity index (χ1) is 15.3. The number of nitrogens with zero attached hydrogens (tertiary/aromatic N) is 1. The summed E-state index contributed by atoms with van der Waals surface area (Å²) in [6.07, 6.45) is 1.63. The lowest BCUT2D eigenvalue weighted by atomic mass is 10.1. The van der Waals surface area contributed by atoms with Gasteiger partial charge >= 0.3 is 0 Å². The fourth-order valence-corrected chi connectivity index (χ4v) is 4.70. The van der Waals surface area contributed by atoms with Gasteiger partial charge < -0.3 is 10.1 Å². The summed E-state index contributed by atoms with van der Waals surface area (Å²) in [6.45, 7) is 7.35. The molecule has 0 fully saturated rings. The lowest BCUT2D eigenvalue weighted by Gasteiger charge is -2.25. The van der Waals surface area contributed by atoms with Crippen LogP contribution in [0.4, 0.5) is 11.4 Å². The van der Waals surface area contributed by atoms with Crippen LogP contribution in [-0.2, 0) is 14.8 Å². The molecule has 0 saturated heterocycles. The van der Waals surface area contributed by atoms with Crippen LogP contribution in [0.5, 0.6) is 5.75 Å². The van der Waals surface area contributed by atoms with Crippen molar-refractivity contribution in [1.82, 2.24) is 0 Å². The van der Waals surface area contributed by atoms with Gasteiger partial charge in [0.05, 0.1) is 10.6 Å². The molecule has 3 rings (SSSR count). The molecule has 3 aromatic rings. The molecule has 0 spiro atoms. The molecule has 1 N–H and O–H groups in total. The van der Waals surface area contributed by atoms with E-state index in [4.69, 9.17) is 4.74 Å². The number of hydrogen-bond acceptors (Lipinski definition) is 4. The van der Waals surface area contributed by atoms with Crippen molar-refractivity contribution in [3.63, 3.8) is 0 Å². The number of hydrogen-bond donors (Lipinski definition) is 1. The highest BCUT2D eigenvalue weighted by atomic mass is 32.2. The van der Waals surface area contributed by atoms with Gasteiger partial charge in [-0.25, -0.2) is 8.42 Å². The second-order valence-corrected chi connectivity index (χ2v) is 9.21. The summed E-state index contributed by atoms with van der Waals surface area (Å²) in [5, 5.41) is 2.76. The molecule has 0 aromatic heterocycles. The van der Waals surface area contributed by atoms with Crippen molar-refractivity contribution in [2.24, 2.45) is 0 Å². The maximum atomic E-state index is 13.4. The quantitative estimate of drug-likeness (QED) is 0.480. The second kappa shape index (κ2) is 10.2. The van der Waals surface area contributed by atoms with Crippen molar-refractivity contribution in [3.8, 4) is 5.75 Å². The molecule has 0 atom stereocenters. The Labute approximate surface area is 189 Å². The molecule has 3 aromatic carbocycles. The summed E-state index contributed by atoms with van der Waals surface area (Å²) in [7, 11) is -3.96. The third-order valence-corrected chi connectivity index (χ3v) is 6.39. The number of benzene rings is 3. The van der Waals surface area contributed by atoms with Gasteiger partial charge in [-0.15, -0.1) is 0 Å². The number of amides is 1. The highest BCUT2D eigenvalue weighted by Crippen LogP contribution is 2.26. The molecule has 0 bridgehead atoms. The van der Waals surface area contributed by atoms with E-state index in [1.54, 1.807) is 60.7 Å². The first-order valence-corrected chi connectivity index (χ1v) is 11.5. The maximum Gasteiger partial charge on any atom is 0.264 e. The van der Waals surface area contributed by atoms with E-state index in [0.29, 0.717) is 23.7 Å². The van der Waals surface area contributed by atoms with Crippen LogP contribution in [0.1, 0.15) is 11.1 Å². The third kappa shape index (κ3) is 5.76. The topological polar surface area (TPSA) is 75.7 Å². The summed E-state index contributed by atoms with van der Waals surface area (Å²) in [5.41, 5.74) is 2.75. The minimum Gasteiger partial charge on any atom is -0.489 e. The van der Waals surface area contributed by atoms with Crippen LogP contribution in [0.15, 0.2) is 90.3 Å². The van der Waals surface area contributed by atoms with E-state index in [2.05, 4.69) is 11.9 Å². The Bertz CT molecular complexity index is 1190. The minimum atomic E-state index is -3.96. The normalized spacial score (nSPS) is 10.9. The Morgan fingerprint density at radius 1 is 1.00 bits per heavy atom. The molecule has 6 nitrogen and oxygen atoms in total. The Morgan fingerprint density at radius 3 is 2.34 bits per heavy atom. The maximum absolute atomic E-state index is 13.4. The van der Waals surface area contributed by atoms with Crippen LogP contribution >= 0.6 is 0 Å². The van der Waals surface area contributed by atoms with Gasteiger partial charge in [-0.1, -0.05) is 43.0 Å². The number of ether oxygens (including phenoxy) is 1. The summed E-state index contributed by atoms with van der Waals surface area (Å²) >= 11 is 0. The highest BCUT2D eigenvalue weighted by Gasteiger charge is 2.27. The summed E-state index contributed by atoms with van der Waals surface area (Å²) in [5.74, 6) is 0.107. The van der Waals surface area contributed by atoms with E-state index in [-0.39, 0.29) is 11.4 Å². The molecule has 32 heavy (non-hydrogen) atoms.